The molecule has 0 unspecified atom stereocenters. The predicted molar refractivity (Wildman–Crippen MR) is 103 cm³/mol. The number of benzene rings is 2. The molecular weight excluding hydrogens is 352 g/mol. The van der Waals surface area contributed by atoms with Gasteiger partial charge < -0.3 is 9.64 Å². The molecule has 1 atom stereocenters. The number of carbonyl (C=O) groups is 2. The Kier molecular flexibility index (Phi) is 4.87. The fraction of sp³-hybridized carbons (Fsp3) is 0.348. The zero-order valence-corrected chi connectivity index (χ0v) is 15.6. The monoisotopic (exact) mass is 374 g/mol. The third kappa shape index (κ3) is 3.63. The van der Waals surface area contributed by atoms with Crippen LogP contribution in [0.25, 0.3) is 0 Å². The number of piperidine rings is 1. The lowest BCUT2D eigenvalue weighted by Gasteiger charge is -2.50. The summed E-state index contributed by atoms with van der Waals surface area (Å²) >= 11 is 0. The average Bonchev–Trinajstić information content (AvgIpc) is 2.72. The van der Waals surface area contributed by atoms with Gasteiger partial charge in [0.25, 0.3) is 0 Å². The molecule has 1 amide bonds. The van der Waals surface area contributed by atoms with Gasteiger partial charge in [-0.25, -0.2) is 4.79 Å². The van der Waals surface area contributed by atoms with Crippen molar-refractivity contribution in [3.8, 4) is 6.07 Å². The zero-order chi connectivity index (χ0) is 19.6. The molecular formula is C23H22N2O3. The van der Waals surface area contributed by atoms with Crippen molar-refractivity contribution in [2.24, 2.45) is 5.41 Å². The fourth-order valence-electron chi connectivity index (χ4n) is 4.34. The van der Waals surface area contributed by atoms with Crippen LogP contribution in [0.2, 0.25) is 0 Å². The van der Waals surface area contributed by atoms with Crippen molar-refractivity contribution in [1.82, 2.24) is 4.90 Å². The first kappa shape index (κ1) is 18.2. The van der Waals surface area contributed by atoms with Crippen molar-refractivity contribution >= 4 is 11.9 Å². The van der Waals surface area contributed by atoms with Gasteiger partial charge in [-0.1, -0.05) is 42.5 Å². The Morgan fingerprint density at radius 2 is 1.86 bits per heavy atom. The number of likely N-dealkylation sites (tertiary alicyclic amines) is 1. The summed E-state index contributed by atoms with van der Waals surface area (Å²) in [5.41, 5.74) is 2.52. The topological polar surface area (TPSA) is 70.4 Å². The van der Waals surface area contributed by atoms with Gasteiger partial charge in [0.05, 0.1) is 17.7 Å². The Hall–Kier alpha value is -3.13. The Bertz CT molecular complexity index is 907. The Morgan fingerprint density at radius 1 is 1.14 bits per heavy atom. The first-order valence-corrected chi connectivity index (χ1v) is 9.58. The molecule has 1 aliphatic carbocycles. The summed E-state index contributed by atoms with van der Waals surface area (Å²) in [6.45, 7) is 0.811. The zero-order valence-electron chi connectivity index (χ0n) is 15.6. The van der Waals surface area contributed by atoms with Crippen LogP contribution in [0.1, 0.15) is 48.4 Å². The van der Waals surface area contributed by atoms with Gasteiger partial charge in [-0.15, -0.1) is 0 Å². The van der Waals surface area contributed by atoms with E-state index in [9.17, 15) is 9.59 Å². The van der Waals surface area contributed by atoms with E-state index in [1.54, 1.807) is 17.0 Å². The molecule has 1 spiro atoms. The lowest BCUT2D eigenvalue weighted by Crippen LogP contribution is -2.50. The van der Waals surface area contributed by atoms with Gasteiger partial charge in [0, 0.05) is 19.4 Å². The molecule has 5 heteroatoms. The number of carbonyl (C=O) groups excluding carboxylic acids is 2. The van der Waals surface area contributed by atoms with E-state index in [1.165, 1.54) is 0 Å². The van der Waals surface area contributed by atoms with E-state index in [0.29, 0.717) is 30.7 Å². The van der Waals surface area contributed by atoms with Crippen molar-refractivity contribution in [2.75, 3.05) is 6.54 Å². The van der Waals surface area contributed by atoms with Crippen molar-refractivity contribution in [1.29, 1.82) is 5.26 Å². The first-order chi connectivity index (χ1) is 13.6. The van der Waals surface area contributed by atoms with E-state index < -0.39 is 0 Å². The summed E-state index contributed by atoms with van der Waals surface area (Å²) in [7, 11) is 0. The molecule has 4 rings (SSSR count). The van der Waals surface area contributed by atoms with Crippen LogP contribution in [0.3, 0.4) is 0 Å². The maximum absolute atomic E-state index is 12.8. The maximum atomic E-state index is 12.8. The standard InChI is InChI=1S/C23H22N2O3/c24-15-17-6-8-19(9-7-17)21-14-23(12-20(26)13-23)10-11-25(21)22(27)28-16-18-4-2-1-3-5-18/h1-9,21H,10-14,16H2/t21-/m0/s1. The summed E-state index contributed by atoms with van der Waals surface area (Å²) in [5, 5.41) is 9.04. The summed E-state index contributed by atoms with van der Waals surface area (Å²) in [6.07, 6.45) is 2.45. The van der Waals surface area contributed by atoms with Gasteiger partial charge in [0.2, 0.25) is 0 Å². The number of nitriles is 1. The van der Waals surface area contributed by atoms with Crippen LogP contribution < -0.4 is 0 Å². The molecule has 1 heterocycles. The fourth-order valence-corrected chi connectivity index (χ4v) is 4.34. The molecule has 2 aromatic rings. The molecule has 2 aliphatic rings. The number of hydrogen-bond donors (Lipinski definition) is 0. The normalized spacial score (nSPS) is 20.3. The Morgan fingerprint density at radius 3 is 2.50 bits per heavy atom. The summed E-state index contributed by atoms with van der Waals surface area (Å²) < 4.78 is 5.57. The van der Waals surface area contributed by atoms with Gasteiger partial charge >= 0.3 is 6.09 Å². The highest BCUT2D eigenvalue weighted by molar-refractivity contribution is 5.86. The minimum atomic E-state index is -0.335. The van der Waals surface area contributed by atoms with Crippen molar-refractivity contribution < 1.29 is 14.3 Å². The number of ether oxygens (including phenoxy) is 1. The molecule has 0 aromatic heterocycles. The van der Waals surface area contributed by atoms with Gasteiger partial charge in [-0.05, 0) is 41.5 Å². The van der Waals surface area contributed by atoms with E-state index in [4.69, 9.17) is 10.00 Å². The maximum Gasteiger partial charge on any atom is 0.410 e. The highest BCUT2D eigenvalue weighted by Crippen LogP contribution is 2.52. The minimum absolute atomic E-state index is 0.00581. The molecule has 28 heavy (non-hydrogen) atoms. The van der Waals surface area contributed by atoms with Crippen molar-refractivity contribution in [2.45, 2.75) is 38.3 Å². The number of ketones is 1. The lowest BCUT2D eigenvalue weighted by molar-refractivity contribution is -0.136. The summed E-state index contributed by atoms with van der Waals surface area (Å²) in [6, 6.07) is 19.0. The molecule has 2 aromatic carbocycles. The number of amides is 1. The van der Waals surface area contributed by atoms with Crippen molar-refractivity contribution in [3.05, 3.63) is 71.3 Å². The quantitative estimate of drug-likeness (QED) is 0.799. The Balaban J connectivity index is 1.52. The van der Waals surface area contributed by atoms with E-state index >= 15 is 0 Å². The highest BCUT2D eigenvalue weighted by Gasteiger charge is 2.49. The molecule has 1 saturated carbocycles. The second-order valence-corrected chi connectivity index (χ2v) is 7.83. The smallest absolute Gasteiger partial charge is 0.410 e. The molecule has 0 N–H and O–H groups in total. The van der Waals surface area contributed by atoms with Gasteiger partial charge in [-0.2, -0.15) is 5.26 Å². The van der Waals surface area contributed by atoms with E-state index in [1.807, 2.05) is 42.5 Å². The summed E-state index contributed by atoms with van der Waals surface area (Å²) in [5.74, 6) is 0.304. The number of Topliss-reactive ketones (excluding diaryl/α,β-unsaturated/α-hetero) is 1. The second kappa shape index (κ2) is 7.47. The van der Waals surface area contributed by atoms with Crippen LogP contribution in [-0.4, -0.2) is 23.3 Å². The van der Waals surface area contributed by atoms with Crippen LogP contribution >= 0.6 is 0 Å². The third-order valence-corrected chi connectivity index (χ3v) is 5.89. The molecule has 1 saturated heterocycles. The van der Waals surface area contributed by atoms with Gasteiger partial charge in [0.15, 0.2) is 0 Å². The molecule has 2 fully saturated rings. The third-order valence-electron chi connectivity index (χ3n) is 5.89. The minimum Gasteiger partial charge on any atom is -0.445 e. The first-order valence-electron chi connectivity index (χ1n) is 9.58. The largest absolute Gasteiger partial charge is 0.445 e. The molecule has 5 nitrogen and oxygen atoms in total. The SMILES string of the molecule is N#Cc1ccc([C@@H]2CC3(CCN2C(=O)OCc2ccccc2)CC(=O)C3)cc1. The average molecular weight is 374 g/mol. The van der Waals surface area contributed by atoms with E-state index in [-0.39, 0.29) is 24.2 Å². The second-order valence-electron chi connectivity index (χ2n) is 7.83. The van der Waals surface area contributed by atoms with Crippen LogP contribution in [0.5, 0.6) is 0 Å². The molecule has 142 valence electrons. The van der Waals surface area contributed by atoms with Crippen molar-refractivity contribution in [3.63, 3.8) is 0 Å². The summed E-state index contributed by atoms with van der Waals surface area (Å²) in [4.78, 5) is 26.3. The van der Waals surface area contributed by atoms with E-state index in [2.05, 4.69) is 6.07 Å². The van der Waals surface area contributed by atoms with Crippen LogP contribution in [-0.2, 0) is 16.1 Å². The lowest BCUT2D eigenvalue weighted by atomic mass is 9.60. The van der Waals surface area contributed by atoms with Crippen LogP contribution in [0, 0.1) is 16.7 Å². The number of hydrogen-bond acceptors (Lipinski definition) is 4. The predicted octanol–water partition coefficient (Wildman–Crippen LogP) is 4.38. The number of nitrogens with zero attached hydrogens (tertiary/aromatic N) is 2. The Labute approximate surface area is 164 Å². The van der Waals surface area contributed by atoms with Crippen LogP contribution in [0.4, 0.5) is 4.79 Å². The van der Waals surface area contributed by atoms with Gasteiger partial charge in [0.1, 0.15) is 12.4 Å². The number of rotatable bonds is 3. The molecule has 0 bridgehead atoms. The van der Waals surface area contributed by atoms with Crippen LogP contribution in [0.15, 0.2) is 54.6 Å². The molecule has 0 radical (unpaired) electrons. The molecule has 1 aliphatic heterocycles. The van der Waals surface area contributed by atoms with E-state index in [0.717, 1.165) is 24.0 Å². The van der Waals surface area contributed by atoms with Gasteiger partial charge in [-0.3, -0.25) is 4.79 Å². The highest BCUT2D eigenvalue weighted by atomic mass is 16.6.